The average molecular weight is 280 g/mol. The average Bonchev–Trinajstić information content (AvgIpc) is 2.41. The normalized spacial score (nSPS) is 26.6. The number of aromatic hydroxyl groups is 2. The lowest BCUT2D eigenvalue weighted by molar-refractivity contribution is -0.101. The van der Waals surface area contributed by atoms with Crippen LogP contribution >= 0.6 is 0 Å². The van der Waals surface area contributed by atoms with Crippen molar-refractivity contribution in [3.8, 4) is 11.5 Å². The van der Waals surface area contributed by atoms with Gasteiger partial charge in [0.15, 0.2) is 11.5 Å². The Kier molecular flexibility index (Phi) is 5.26. The third-order valence-corrected chi connectivity index (χ3v) is 3.88. The van der Waals surface area contributed by atoms with Gasteiger partial charge in [-0.3, -0.25) is 0 Å². The fourth-order valence-electron chi connectivity index (χ4n) is 2.75. The molecule has 1 saturated heterocycles. The molecule has 0 bridgehead atoms. The predicted molar refractivity (Wildman–Crippen MR) is 76.8 cm³/mol. The molecule has 0 aromatic heterocycles. The van der Waals surface area contributed by atoms with E-state index in [1.807, 2.05) is 0 Å². The first-order valence-electron chi connectivity index (χ1n) is 7.45. The van der Waals surface area contributed by atoms with Crippen LogP contribution in [0.5, 0.6) is 11.5 Å². The molecule has 2 rings (SSSR count). The summed E-state index contributed by atoms with van der Waals surface area (Å²) in [7, 11) is 0. The zero-order valence-corrected chi connectivity index (χ0v) is 12.0. The minimum absolute atomic E-state index is 0.0752. The summed E-state index contributed by atoms with van der Waals surface area (Å²) in [6.07, 6.45) is 5.15. The Bertz CT molecular complexity index is 432. The molecule has 4 heteroatoms. The summed E-state index contributed by atoms with van der Waals surface area (Å²) in [5.74, 6) is -0.279. The van der Waals surface area contributed by atoms with E-state index in [2.05, 4.69) is 6.92 Å². The van der Waals surface area contributed by atoms with Gasteiger partial charge in [-0.1, -0.05) is 32.3 Å². The summed E-state index contributed by atoms with van der Waals surface area (Å²) in [5, 5.41) is 28.9. The number of hydrogen-bond acceptors (Lipinski definition) is 4. The summed E-state index contributed by atoms with van der Waals surface area (Å²) in [5.41, 5.74) is 0.805. The van der Waals surface area contributed by atoms with Crippen LogP contribution < -0.4 is 0 Å². The maximum Gasteiger partial charge on any atom is 0.157 e. The molecule has 1 aliphatic rings. The lowest BCUT2D eigenvalue weighted by Gasteiger charge is -2.33. The Hall–Kier alpha value is -1.26. The van der Waals surface area contributed by atoms with Crippen LogP contribution in [0.3, 0.4) is 0 Å². The molecule has 1 aromatic carbocycles. The first kappa shape index (κ1) is 15.1. The lowest BCUT2D eigenvalue weighted by atomic mass is 9.93. The van der Waals surface area contributed by atoms with E-state index in [-0.39, 0.29) is 29.8 Å². The first-order chi connectivity index (χ1) is 9.60. The SMILES string of the molecule is CCCCC[C@H]1C[C@@H](O)C[C@@H](c2ccc(O)c(O)c2)O1. The largest absolute Gasteiger partial charge is 0.504 e. The number of unbranched alkanes of at least 4 members (excludes halogenated alkanes) is 2. The van der Waals surface area contributed by atoms with Gasteiger partial charge in [-0.15, -0.1) is 0 Å². The van der Waals surface area contributed by atoms with E-state index < -0.39 is 0 Å². The number of hydrogen-bond donors (Lipinski definition) is 3. The van der Waals surface area contributed by atoms with E-state index in [0.29, 0.717) is 12.8 Å². The zero-order chi connectivity index (χ0) is 14.5. The topological polar surface area (TPSA) is 69.9 Å². The van der Waals surface area contributed by atoms with E-state index >= 15 is 0 Å². The molecule has 0 radical (unpaired) electrons. The van der Waals surface area contributed by atoms with E-state index in [9.17, 15) is 15.3 Å². The number of benzene rings is 1. The molecule has 1 fully saturated rings. The summed E-state index contributed by atoms with van der Waals surface area (Å²) in [6, 6.07) is 4.71. The summed E-state index contributed by atoms with van der Waals surface area (Å²) in [4.78, 5) is 0. The highest BCUT2D eigenvalue weighted by atomic mass is 16.5. The van der Waals surface area contributed by atoms with Crippen molar-refractivity contribution in [3.63, 3.8) is 0 Å². The Morgan fingerprint density at radius 1 is 1.15 bits per heavy atom. The first-order valence-corrected chi connectivity index (χ1v) is 7.45. The molecule has 112 valence electrons. The van der Waals surface area contributed by atoms with E-state index in [4.69, 9.17) is 4.74 Å². The van der Waals surface area contributed by atoms with Gasteiger partial charge in [-0.2, -0.15) is 0 Å². The molecule has 4 nitrogen and oxygen atoms in total. The van der Waals surface area contributed by atoms with Crippen LogP contribution in [0.25, 0.3) is 0 Å². The third-order valence-electron chi connectivity index (χ3n) is 3.88. The molecular weight excluding hydrogens is 256 g/mol. The molecule has 0 spiro atoms. The fourth-order valence-corrected chi connectivity index (χ4v) is 2.75. The zero-order valence-electron chi connectivity index (χ0n) is 12.0. The Balaban J connectivity index is 2.01. The summed E-state index contributed by atoms with van der Waals surface area (Å²) >= 11 is 0. The van der Waals surface area contributed by atoms with Crippen LogP contribution in [-0.4, -0.2) is 27.5 Å². The molecule has 20 heavy (non-hydrogen) atoms. The molecule has 0 saturated carbocycles. The highest BCUT2D eigenvalue weighted by molar-refractivity contribution is 5.41. The monoisotopic (exact) mass is 280 g/mol. The highest BCUT2D eigenvalue weighted by Gasteiger charge is 2.29. The Morgan fingerprint density at radius 2 is 1.95 bits per heavy atom. The van der Waals surface area contributed by atoms with Gasteiger partial charge in [-0.25, -0.2) is 0 Å². The Labute approximate surface area is 120 Å². The fraction of sp³-hybridized carbons (Fsp3) is 0.625. The maximum absolute atomic E-state index is 10.00. The van der Waals surface area contributed by atoms with Crippen molar-refractivity contribution in [2.24, 2.45) is 0 Å². The summed E-state index contributed by atoms with van der Waals surface area (Å²) < 4.78 is 6.03. The minimum Gasteiger partial charge on any atom is -0.504 e. The van der Waals surface area contributed by atoms with Crippen LogP contribution in [0.15, 0.2) is 18.2 Å². The third kappa shape index (κ3) is 3.87. The lowest BCUT2D eigenvalue weighted by Crippen LogP contribution is -2.31. The van der Waals surface area contributed by atoms with Crippen molar-refractivity contribution in [3.05, 3.63) is 23.8 Å². The van der Waals surface area contributed by atoms with Crippen LogP contribution in [-0.2, 0) is 4.74 Å². The molecule has 3 N–H and O–H groups in total. The van der Waals surface area contributed by atoms with Crippen LogP contribution in [0.4, 0.5) is 0 Å². The molecule has 3 atom stereocenters. The van der Waals surface area contributed by atoms with Gasteiger partial charge in [0.2, 0.25) is 0 Å². The van der Waals surface area contributed by atoms with Crippen LogP contribution in [0.1, 0.15) is 57.1 Å². The number of aliphatic hydroxyl groups excluding tert-OH is 1. The number of aliphatic hydroxyl groups is 1. The van der Waals surface area contributed by atoms with Crippen molar-refractivity contribution in [2.45, 2.75) is 63.8 Å². The maximum atomic E-state index is 10.00. The number of rotatable bonds is 5. The molecule has 0 amide bonds. The molecular formula is C16H24O4. The van der Waals surface area contributed by atoms with Crippen LogP contribution in [0.2, 0.25) is 0 Å². The number of ether oxygens (including phenoxy) is 1. The van der Waals surface area contributed by atoms with Crippen molar-refractivity contribution < 1.29 is 20.1 Å². The molecule has 1 aliphatic heterocycles. The van der Waals surface area contributed by atoms with Gasteiger partial charge in [0.25, 0.3) is 0 Å². The quantitative estimate of drug-likeness (QED) is 0.572. The van der Waals surface area contributed by atoms with Gasteiger partial charge in [0.1, 0.15) is 0 Å². The molecule has 0 unspecified atom stereocenters. The summed E-state index contributed by atoms with van der Waals surface area (Å²) in [6.45, 7) is 2.17. The van der Waals surface area contributed by atoms with Gasteiger partial charge >= 0.3 is 0 Å². The van der Waals surface area contributed by atoms with E-state index in [1.54, 1.807) is 6.07 Å². The second-order valence-electron chi connectivity index (χ2n) is 5.62. The second-order valence-corrected chi connectivity index (χ2v) is 5.62. The van der Waals surface area contributed by atoms with E-state index in [0.717, 1.165) is 18.4 Å². The van der Waals surface area contributed by atoms with Gasteiger partial charge in [0.05, 0.1) is 18.3 Å². The number of phenols is 2. The molecule has 0 aliphatic carbocycles. The van der Waals surface area contributed by atoms with Gasteiger partial charge in [-0.05, 0) is 30.5 Å². The van der Waals surface area contributed by atoms with Crippen molar-refractivity contribution in [1.82, 2.24) is 0 Å². The standard InChI is InChI=1S/C16H24O4/c1-2-3-4-5-13-9-12(17)10-16(20-13)11-6-7-14(18)15(19)8-11/h6-8,12-13,16-19H,2-5,9-10H2,1H3/t12-,13+,16+/m1/s1. The minimum atomic E-state index is -0.365. The predicted octanol–water partition coefficient (Wildman–Crippen LogP) is 3.26. The van der Waals surface area contributed by atoms with Crippen molar-refractivity contribution in [1.29, 1.82) is 0 Å². The Morgan fingerprint density at radius 3 is 2.65 bits per heavy atom. The van der Waals surface area contributed by atoms with Crippen molar-refractivity contribution >= 4 is 0 Å². The second kappa shape index (κ2) is 6.95. The van der Waals surface area contributed by atoms with Gasteiger partial charge in [0, 0.05) is 6.42 Å². The molecule has 1 aromatic rings. The smallest absolute Gasteiger partial charge is 0.157 e. The molecule has 1 heterocycles. The van der Waals surface area contributed by atoms with Crippen molar-refractivity contribution in [2.75, 3.05) is 0 Å². The highest BCUT2D eigenvalue weighted by Crippen LogP contribution is 2.36. The van der Waals surface area contributed by atoms with Gasteiger partial charge < -0.3 is 20.1 Å². The van der Waals surface area contributed by atoms with Crippen LogP contribution in [0, 0.1) is 0 Å². The number of phenolic OH excluding ortho intramolecular Hbond substituents is 2. The van der Waals surface area contributed by atoms with E-state index in [1.165, 1.54) is 25.0 Å².